The second kappa shape index (κ2) is 3.25. The van der Waals surface area contributed by atoms with Crippen LogP contribution >= 0.6 is 27.5 Å². The molecular formula is C8H3BrClF. The molecule has 56 valence electrons. The van der Waals surface area contributed by atoms with E-state index >= 15 is 0 Å². The molecule has 0 saturated carbocycles. The normalized spacial score (nSPS) is 9.27. The fourth-order valence-corrected chi connectivity index (χ4v) is 1.25. The van der Waals surface area contributed by atoms with Gasteiger partial charge in [-0.25, -0.2) is 4.39 Å². The molecule has 0 nitrogen and oxygen atoms in total. The standard InChI is InChI=1S/C8H3BrClF/c1-2-5-7(11)4-3-6(10)8(5)9/h1,3-4H. The zero-order valence-electron chi connectivity index (χ0n) is 5.37. The topological polar surface area (TPSA) is 0 Å². The van der Waals surface area contributed by atoms with Crippen molar-refractivity contribution in [1.82, 2.24) is 0 Å². The van der Waals surface area contributed by atoms with E-state index in [1.807, 2.05) is 0 Å². The van der Waals surface area contributed by atoms with Gasteiger partial charge >= 0.3 is 0 Å². The first-order chi connectivity index (χ1) is 5.16. The first-order valence-electron chi connectivity index (χ1n) is 2.77. The summed E-state index contributed by atoms with van der Waals surface area (Å²) >= 11 is 8.73. The summed E-state index contributed by atoms with van der Waals surface area (Å²) in [5.74, 6) is 1.76. The smallest absolute Gasteiger partial charge is 0.140 e. The average Bonchev–Trinajstić information content (AvgIpc) is 1.99. The maximum absolute atomic E-state index is 12.8. The Kier molecular flexibility index (Phi) is 2.53. The summed E-state index contributed by atoms with van der Waals surface area (Å²) in [7, 11) is 0. The lowest BCUT2D eigenvalue weighted by molar-refractivity contribution is 0.623. The number of hydrogen-bond donors (Lipinski definition) is 0. The molecule has 0 unspecified atom stereocenters. The quantitative estimate of drug-likeness (QED) is 0.477. The summed E-state index contributed by atoms with van der Waals surface area (Å²) in [5, 5.41) is 0.416. The van der Waals surface area contributed by atoms with Gasteiger partial charge in [-0.05, 0) is 28.1 Å². The van der Waals surface area contributed by atoms with E-state index in [0.717, 1.165) is 0 Å². The molecule has 0 aromatic heterocycles. The average molecular weight is 233 g/mol. The van der Waals surface area contributed by atoms with Crippen LogP contribution in [0.2, 0.25) is 5.02 Å². The van der Waals surface area contributed by atoms with Crippen molar-refractivity contribution in [2.24, 2.45) is 0 Å². The van der Waals surface area contributed by atoms with Gasteiger partial charge in [0.25, 0.3) is 0 Å². The fraction of sp³-hybridized carbons (Fsp3) is 0. The second-order valence-electron chi connectivity index (χ2n) is 1.86. The minimum absolute atomic E-state index is 0.164. The summed E-state index contributed by atoms with van der Waals surface area (Å²) in [5.41, 5.74) is 0.164. The Hall–Kier alpha value is -0.520. The van der Waals surface area contributed by atoms with Crippen LogP contribution in [-0.2, 0) is 0 Å². The molecular weight excluding hydrogens is 230 g/mol. The number of hydrogen-bond acceptors (Lipinski definition) is 0. The van der Waals surface area contributed by atoms with Crippen LogP contribution in [-0.4, -0.2) is 0 Å². The van der Waals surface area contributed by atoms with Crippen molar-refractivity contribution in [1.29, 1.82) is 0 Å². The van der Waals surface area contributed by atoms with Gasteiger partial charge in [0.15, 0.2) is 0 Å². The molecule has 11 heavy (non-hydrogen) atoms. The van der Waals surface area contributed by atoms with Crippen molar-refractivity contribution in [3.8, 4) is 12.3 Å². The van der Waals surface area contributed by atoms with Crippen LogP contribution in [0.3, 0.4) is 0 Å². The molecule has 0 fully saturated rings. The Morgan fingerprint density at radius 1 is 1.55 bits per heavy atom. The highest BCUT2D eigenvalue weighted by Gasteiger charge is 2.06. The minimum atomic E-state index is -0.441. The molecule has 1 aromatic carbocycles. The SMILES string of the molecule is C#Cc1c(F)ccc(Cl)c1Br. The summed E-state index contributed by atoms with van der Waals surface area (Å²) in [6, 6.07) is 2.68. The maximum Gasteiger partial charge on any atom is 0.140 e. The summed E-state index contributed by atoms with van der Waals surface area (Å²) < 4.78 is 13.2. The number of terminal acetylenes is 1. The molecule has 0 aliphatic rings. The lowest BCUT2D eigenvalue weighted by Crippen LogP contribution is -1.85. The van der Waals surface area contributed by atoms with Gasteiger partial charge in [-0.15, -0.1) is 6.42 Å². The predicted molar refractivity (Wildman–Crippen MR) is 47.0 cm³/mol. The van der Waals surface area contributed by atoms with Crippen molar-refractivity contribution in [2.45, 2.75) is 0 Å². The van der Waals surface area contributed by atoms with Crippen molar-refractivity contribution in [2.75, 3.05) is 0 Å². The highest BCUT2D eigenvalue weighted by Crippen LogP contribution is 2.27. The van der Waals surface area contributed by atoms with Crippen LogP contribution in [0.15, 0.2) is 16.6 Å². The van der Waals surface area contributed by atoms with Gasteiger partial charge in [0.05, 0.1) is 15.1 Å². The molecule has 1 rings (SSSR count). The van der Waals surface area contributed by atoms with Gasteiger partial charge in [-0.3, -0.25) is 0 Å². The third-order valence-corrected chi connectivity index (χ3v) is 2.56. The number of rotatable bonds is 0. The molecule has 3 heteroatoms. The summed E-state index contributed by atoms with van der Waals surface area (Å²) in [6.07, 6.45) is 5.04. The Morgan fingerprint density at radius 3 is 2.64 bits per heavy atom. The first kappa shape index (κ1) is 8.58. The molecule has 0 N–H and O–H groups in total. The van der Waals surface area contributed by atoms with Crippen molar-refractivity contribution in [3.63, 3.8) is 0 Å². The molecule has 0 radical (unpaired) electrons. The molecule has 0 amide bonds. The van der Waals surface area contributed by atoms with Crippen LogP contribution in [0, 0.1) is 18.2 Å². The Labute approximate surface area is 77.5 Å². The predicted octanol–water partition coefficient (Wildman–Crippen LogP) is 3.22. The lowest BCUT2D eigenvalue weighted by atomic mass is 10.2. The first-order valence-corrected chi connectivity index (χ1v) is 3.94. The molecule has 1 aromatic rings. The molecule has 0 heterocycles. The zero-order chi connectivity index (χ0) is 8.43. The Bertz CT molecular complexity index is 328. The van der Waals surface area contributed by atoms with Crippen LogP contribution in [0.5, 0.6) is 0 Å². The highest BCUT2D eigenvalue weighted by atomic mass is 79.9. The van der Waals surface area contributed by atoms with E-state index in [9.17, 15) is 4.39 Å². The molecule has 0 aliphatic heterocycles. The highest BCUT2D eigenvalue weighted by molar-refractivity contribution is 9.10. The second-order valence-corrected chi connectivity index (χ2v) is 3.06. The van der Waals surface area contributed by atoms with E-state index in [1.54, 1.807) is 0 Å². The third-order valence-electron chi connectivity index (χ3n) is 1.19. The van der Waals surface area contributed by atoms with Crippen molar-refractivity contribution < 1.29 is 4.39 Å². The molecule has 0 atom stereocenters. The van der Waals surface area contributed by atoms with Gasteiger partial charge in [0.1, 0.15) is 5.82 Å². The van der Waals surface area contributed by atoms with Crippen LogP contribution in [0.25, 0.3) is 0 Å². The molecule has 0 aliphatic carbocycles. The summed E-state index contributed by atoms with van der Waals surface area (Å²) in [6.45, 7) is 0. The van der Waals surface area contributed by atoms with E-state index in [4.69, 9.17) is 18.0 Å². The Balaban J connectivity index is 3.44. The monoisotopic (exact) mass is 232 g/mol. The zero-order valence-corrected chi connectivity index (χ0v) is 7.71. The van der Waals surface area contributed by atoms with E-state index in [-0.39, 0.29) is 5.56 Å². The third kappa shape index (κ3) is 1.55. The van der Waals surface area contributed by atoms with Crippen molar-refractivity contribution >= 4 is 27.5 Å². The van der Waals surface area contributed by atoms with Crippen molar-refractivity contribution in [3.05, 3.63) is 33.0 Å². The van der Waals surface area contributed by atoms with Gasteiger partial charge in [-0.2, -0.15) is 0 Å². The van der Waals surface area contributed by atoms with Gasteiger partial charge in [0, 0.05) is 0 Å². The van der Waals surface area contributed by atoms with Crippen LogP contribution < -0.4 is 0 Å². The van der Waals surface area contributed by atoms with Gasteiger partial charge < -0.3 is 0 Å². The fourth-order valence-electron chi connectivity index (χ4n) is 0.659. The Morgan fingerprint density at radius 2 is 2.18 bits per heavy atom. The van der Waals surface area contributed by atoms with E-state index < -0.39 is 5.82 Å². The summed E-state index contributed by atoms with van der Waals surface area (Å²) in [4.78, 5) is 0. The lowest BCUT2D eigenvalue weighted by Gasteiger charge is -1.99. The van der Waals surface area contributed by atoms with Crippen LogP contribution in [0.1, 0.15) is 5.56 Å². The van der Waals surface area contributed by atoms with E-state index in [1.165, 1.54) is 12.1 Å². The molecule has 0 saturated heterocycles. The minimum Gasteiger partial charge on any atom is -0.206 e. The molecule has 0 spiro atoms. The largest absolute Gasteiger partial charge is 0.206 e. The van der Waals surface area contributed by atoms with Gasteiger partial charge in [-0.1, -0.05) is 17.5 Å². The molecule has 0 bridgehead atoms. The van der Waals surface area contributed by atoms with E-state index in [0.29, 0.717) is 9.50 Å². The number of benzene rings is 1. The maximum atomic E-state index is 12.8. The number of halogens is 3. The van der Waals surface area contributed by atoms with Crippen LogP contribution in [0.4, 0.5) is 4.39 Å². The van der Waals surface area contributed by atoms with Gasteiger partial charge in [0.2, 0.25) is 0 Å². The van der Waals surface area contributed by atoms with E-state index in [2.05, 4.69) is 21.9 Å².